The van der Waals surface area contributed by atoms with Crippen LogP contribution in [0.5, 0.6) is 0 Å². The van der Waals surface area contributed by atoms with Gasteiger partial charge in [0.1, 0.15) is 17.3 Å². The van der Waals surface area contributed by atoms with Crippen LogP contribution in [-0.4, -0.2) is 50.9 Å². The number of primary amides is 1. The lowest BCUT2D eigenvalue weighted by atomic mass is 9.93. The van der Waals surface area contributed by atoms with Crippen LogP contribution in [-0.2, 0) is 11.2 Å². The molecule has 10 heteroatoms. The highest BCUT2D eigenvalue weighted by Gasteiger charge is 2.30. The molecule has 1 saturated heterocycles. The molecule has 0 spiro atoms. The molecule has 2 amide bonds. The van der Waals surface area contributed by atoms with Crippen LogP contribution in [0.4, 0.5) is 14.5 Å². The number of anilines is 1. The third kappa shape index (κ3) is 4.86. The van der Waals surface area contributed by atoms with E-state index in [1.54, 1.807) is 40.9 Å². The fourth-order valence-corrected chi connectivity index (χ4v) is 6.37. The van der Waals surface area contributed by atoms with E-state index in [1.807, 2.05) is 34.9 Å². The lowest BCUT2D eigenvalue weighted by Crippen LogP contribution is -2.39. The van der Waals surface area contributed by atoms with E-state index in [2.05, 4.69) is 16.1 Å². The summed E-state index contributed by atoms with van der Waals surface area (Å²) in [4.78, 5) is 34.0. The summed E-state index contributed by atoms with van der Waals surface area (Å²) in [7, 11) is 0. The average molecular weight is 593 g/mol. The van der Waals surface area contributed by atoms with Crippen molar-refractivity contribution in [2.75, 3.05) is 24.5 Å². The Kier molecular flexibility index (Phi) is 6.84. The van der Waals surface area contributed by atoms with Crippen molar-refractivity contribution in [3.8, 4) is 22.5 Å². The van der Waals surface area contributed by atoms with Crippen LogP contribution >= 0.6 is 0 Å². The Hall–Kier alpha value is -5.12. The van der Waals surface area contributed by atoms with E-state index in [4.69, 9.17) is 5.73 Å². The van der Waals surface area contributed by atoms with E-state index < -0.39 is 5.82 Å². The Morgan fingerprint density at radius 1 is 0.955 bits per heavy atom. The van der Waals surface area contributed by atoms with Crippen LogP contribution in [0, 0.1) is 17.6 Å². The second-order valence-corrected chi connectivity index (χ2v) is 11.5. The van der Waals surface area contributed by atoms with Gasteiger partial charge >= 0.3 is 0 Å². The number of benzene rings is 3. The van der Waals surface area contributed by atoms with E-state index in [0.717, 1.165) is 12.0 Å². The molecule has 1 fully saturated rings. The van der Waals surface area contributed by atoms with Crippen LogP contribution in [0.3, 0.4) is 0 Å². The molecule has 0 unspecified atom stereocenters. The zero-order chi connectivity index (χ0) is 30.5. The van der Waals surface area contributed by atoms with Crippen molar-refractivity contribution in [1.82, 2.24) is 19.5 Å². The molecule has 44 heavy (non-hydrogen) atoms. The van der Waals surface area contributed by atoms with Gasteiger partial charge in [-0.3, -0.25) is 9.59 Å². The number of hydrogen-bond acceptors (Lipinski definition) is 5. The minimum absolute atomic E-state index is 0.137. The van der Waals surface area contributed by atoms with E-state index in [-0.39, 0.29) is 40.8 Å². The molecule has 2 aromatic heterocycles. The van der Waals surface area contributed by atoms with Gasteiger partial charge in [0.15, 0.2) is 5.65 Å². The molecule has 7 rings (SSSR count). The standard InChI is InChI=1S/C34H30F2N6O2/c1-20-26-5-3-2-4-21(26)13-15-41(20)34(44)30-17-31(22-6-8-24(35)9-7-22)42-32(38-30)18-29(39-42)27-11-10-25(16-28(27)36)40-14-12-23(19-40)33(37)43/h2-11,16-18,20,23H,12-15,19H2,1H3,(H2,37,43)/t20-,23+/m1/s1. The molecule has 2 atom stereocenters. The molecule has 4 heterocycles. The quantitative estimate of drug-likeness (QED) is 0.294. The van der Waals surface area contributed by atoms with Gasteiger partial charge in [-0.15, -0.1) is 0 Å². The maximum absolute atomic E-state index is 15.6. The molecule has 0 bridgehead atoms. The number of amides is 2. The molecule has 8 nitrogen and oxygen atoms in total. The van der Waals surface area contributed by atoms with E-state index in [0.29, 0.717) is 54.3 Å². The first-order valence-corrected chi connectivity index (χ1v) is 14.7. The SMILES string of the molecule is C[C@@H]1c2ccccc2CCN1C(=O)c1cc(-c2ccc(F)cc2)n2nc(-c3ccc(N4CC[C@H](C(N)=O)C4)cc3F)cc2n1. The summed E-state index contributed by atoms with van der Waals surface area (Å²) < 4.78 is 31.0. The molecule has 2 aliphatic heterocycles. The molecule has 0 aliphatic carbocycles. The van der Waals surface area contributed by atoms with Crippen molar-refractivity contribution in [3.05, 3.63) is 107 Å². The second kappa shape index (κ2) is 10.9. The van der Waals surface area contributed by atoms with Gasteiger partial charge < -0.3 is 15.5 Å². The fourth-order valence-electron chi connectivity index (χ4n) is 6.37. The van der Waals surface area contributed by atoms with Crippen LogP contribution < -0.4 is 10.6 Å². The molecule has 0 saturated carbocycles. The molecule has 3 aromatic carbocycles. The van der Waals surface area contributed by atoms with Crippen LogP contribution in [0.25, 0.3) is 28.2 Å². The first-order chi connectivity index (χ1) is 21.3. The third-order valence-electron chi connectivity index (χ3n) is 8.83. The van der Waals surface area contributed by atoms with Crippen molar-refractivity contribution < 1.29 is 18.4 Å². The molecule has 222 valence electrons. The fraction of sp³-hybridized carbons (Fsp3) is 0.235. The number of rotatable bonds is 5. The van der Waals surface area contributed by atoms with E-state index in [1.165, 1.54) is 23.8 Å². The monoisotopic (exact) mass is 592 g/mol. The number of nitrogens with two attached hydrogens (primary N) is 1. The van der Waals surface area contributed by atoms with Gasteiger partial charge in [-0.1, -0.05) is 24.3 Å². The molecular weight excluding hydrogens is 562 g/mol. The normalized spacial score (nSPS) is 18.1. The van der Waals surface area contributed by atoms with Crippen LogP contribution in [0.1, 0.15) is 41.0 Å². The summed E-state index contributed by atoms with van der Waals surface area (Å²) in [6.45, 7) is 3.62. The first kappa shape index (κ1) is 27.7. The highest BCUT2D eigenvalue weighted by molar-refractivity contribution is 5.94. The Balaban J connectivity index is 1.27. The lowest BCUT2D eigenvalue weighted by Gasteiger charge is -2.35. The molecule has 5 aromatic rings. The second-order valence-electron chi connectivity index (χ2n) is 11.5. The van der Waals surface area contributed by atoms with Crippen molar-refractivity contribution in [1.29, 1.82) is 0 Å². The summed E-state index contributed by atoms with van der Waals surface area (Å²) >= 11 is 0. The topological polar surface area (TPSA) is 96.8 Å². The lowest BCUT2D eigenvalue weighted by molar-refractivity contribution is -0.121. The van der Waals surface area contributed by atoms with Crippen LogP contribution in [0.2, 0.25) is 0 Å². The number of carbonyl (C=O) groups is 2. The van der Waals surface area contributed by atoms with Crippen LogP contribution in [0.15, 0.2) is 78.9 Å². The minimum Gasteiger partial charge on any atom is -0.371 e. The average Bonchev–Trinajstić information content (AvgIpc) is 3.69. The predicted molar refractivity (Wildman–Crippen MR) is 163 cm³/mol. The highest BCUT2D eigenvalue weighted by Crippen LogP contribution is 2.33. The van der Waals surface area contributed by atoms with Crippen molar-refractivity contribution in [2.24, 2.45) is 11.7 Å². The summed E-state index contributed by atoms with van der Waals surface area (Å²) in [5.41, 5.74) is 10.8. The van der Waals surface area contributed by atoms with Gasteiger partial charge in [-0.05, 0) is 79.4 Å². The van der Waals surface area contributed by atoms with E-state index >= 15 is 4.39 Å². The summed E-state index contributed by atoms with van der Waals surface area (Å²) in [6, 6.07) is 22.1. The zero-order valence-corrected chi connectivity index (χ0v) is 24.1. The predicted octanol–water partition coefficient (Wildman–Crippen LogP) is 5.41. The summed E-state index contributed by atoms with van der Waals surface area (Å²) in [5.74, 6) is -1.70. The molecular formula is C34H30F2N6O2. The number of carbonyl (C=O) groups excluding carboxylic acids is 2. The Labute approximate surface area is 252 Å². The Bertz CT molecular complexity index is 1920. The third-order valence-corrected chi connectivity index (χ3v) is 8.83. The molecule has 2 aliphatic rings. The Morgan fingerprint density at radius 2 is 1.75 bits per heavy atom. The van der Waals surface area contributed by atoms with Crippen molar-refractivity contribution in [2.45, 2.75) is 25.8 Å². The maximum Gasteiger partial charge on any atom is 0.273 e. The number of fused-ring (bicyclic) bond motifs is 2. The number of nitrogens with zero attached hydrogens (tertiary/aromatic N) is 5. The highest BCUT2D eigenvalue weighted by atomic mass is 19.1. The number of hydrogen-bond donors (Lipinski definition) is 1. The largest absolute Gasteiger partial charge is 0.371 e. The first-order valence-electron chi connectivity index (χ1n) is 14.7. The maximum atomic E-state index is 15.6. The van der Waals surface area contributed by atoms with Gasteiger partial charge in [0.25, 0.3) is 5.91 Å². The van der Waals surface area contributed by atoms with Gasteiger partial charge in [0, 0.05) is 42.5 Å². The number of aromatic nitrogens is 3. The van der Waals surface area contributed by atoms with Gasteiger partial charge in [0.05, 0.1) is 23.3 Å². The zero-order valence-electron chi connectivity index (χ0n) is 24.1. The van der Waals surface area contributed by atoms with E-state index in [9.17, 15) is 14.0 Å². The Morgan fingerprint density at radius 3 is 2.50 bits per heavy atom. The summed E-state index contributed by atoms with van der Waals surface area (Å²) in [5, 5.41) is 4.68. The van der Waals surface area contributed by atoms with Gasteiger partial charge in [-0.2, -0.15) is 5.10 Å². The smallest absolute Gasteiger partial charge is 0.273 e. The number of halogens is 2. The molecule has 0 radical (unpaired) electrons. The summed E-state index contributed by atoms with van der Waals surface area (Å²) in [6.07, 6.45) is 1.37. The minimum atomic E-state index is -0.478. The van der Waals surface area contributed by atoms with Crippen molar-refractivity contribution in [3.63, 3.8) is 0 Å². The van der Waals surface area contributed by atoms with Gasteiger partial charge in [-0.25, -0.2) is 18.3 Å². The molecule has 2 N–H and O–H groups in total. The van der Waals surface area contributed by atoms with Crippen molar-refractivity contribution >= 4 is 23.1 Å². The van der Waals surface area contributed by atoms with Gasteiger partial charge in [0.2, 0.25) is 5.91 Å².